The molecule has 0 amide bonds. The van der Waals surface area contributed by atoms with E-state index in [1.807, 2.05) is 0 Å². The first-order chi connectivity index (χ1) is 10.7. The second kappa shape index (κ2) is 6.86. The first-order valence-corrected chi connectivity index (χ1v) is 7.38. The molecule has 0 spiro atoms. The number of nitrogens with one attached hydrogen (secondary N) is 1. The van der Waals surface area contributed by atoms with Gasteiger partial charge in [0, 0.05) is 11.6 Å². The Morgan fingerprint density at radius 1 is 1.22 bits per heavy atom. The van der Waals surface area contributed by atoms with Gasteiger partial charge in [-0.25, -0.2) is 0 Å². The van der Waals surface area contributed by atoms with Crippen molar-refractivity contribution in [3.05, 3.63) is 68.0 Å². The van der Waals surface area contributed by atoms with Crippen LogP contribution in [0.3, 0.4) is 0 Å². The van der Waals surface area contributed by atoms with Crippen molar-refractivity contribution in [2.75, 3.05) is 6.61 Å². The highest BCUT2D eigenvalue weighted by atomic mass is 79.9. The van der Waals surface area contributed by atoms with Crippen molar-refractivity contribution in [2.24, 2.45) is 0 Å². The minimum Gasteiger partial charge on any atom is -0.396 e. The van der Waals surface area contributed by atoms with Crippen molar-refractivity contribution in [2.45, 2.75) is 18.2 Å². The summed E-state index contributed by atoms with van der Waals surface area (Å²) >= 11 is 3.01. The number of H-pyrrole nitrogens is 1. The van der Waals surface area contributed by atoms with E-state index in [1.54, 1.807) is 0 Å². The molecule has 0 saturated carbocycles. The van der Waals surface area contributed by atoms with Crippen LogP contribution in [0, 0.1) is 0 Å². The molecule has 0 fully saturated rings. The summed E-state index contributed by atoms with van der Waals surface area (Å²) in [4.78, 5) is 14.0. The third-order valence-electron chi connectivity index (χ3n) is 3.42. The number of aromatic amines is 1. The number of alkyl halides is 3. The molecule has 2 atom stereocenters. The van der Waals surface area contributed by atoms with Crippen molar-refractivity contribution in [3.63, 3.8) is 0 Å². The molecule has 2 rings (SSSR count). The number of rotatable bonds is 4. The number of aromatic nitrogens is 1. The summed E-state index contributed by atoms with van der Waals surface area (Å²) in [5.41, 5.74) is -1.12. The third kappa shape index (κ3) is 4.01. The molecule has 4 nitrogen and oxygen atoms in total. The summed E-state index contributed by atoms with van der Waals surface area (Å²) in [5.74, 6) is -1.01. The lowest BCUT2D eigenvalue weighted by Gasteiger charge is -2.22. The Labute approximate surface area is 137 Å². The van der Waals surface area contributed by atoms with Gasteiger partial charge in [-0.2, -0.15) is 13.2 Å². The highest BCUT2D eigenvalue weighted by Gasteiger charge is 2.32. The highest BCUT2D eigenvalue weighted by molar-refractivity contribution is 9.10. The second-order valence-electron chi connectivity index (χ2n) is 4.95. The average molecular weight is 392 g/mol. The zero-order valence-corrected chi connectivity index (χ0v) is 13.2. The molecule has 0 aliphatic carbocycles. The Bertz CT molecular complexity index is 745. The van der Waals surface area contributed by atoms with Gasteiger partial charge in [0.25, 0.3) is 5.56 Å². The maximum Gasteiger partial charge on any atom is 0.416 e. The van der Waals surface area contributed by atoms with Crippen molar-refractivity contribution in [1.29, 1.82) is 0 Å². The summed E-state index contributed by atoms with van der Waals surface area (Å²) in [6.45, 7) is -0.583. The van der Waals surface area contributed by atoms with Crippen LogP contribution < -0.4 is 5.56 Å². The van der Waals surface area contributed by atoms with E-state index in [1.165, 1.54) is 24.3 Å². The molecule has 8 heteroatoms. The van der Waals surface area contributed by atoms with Crippen LogP contribution in [0.4, 0.5) is 13.2 Å². The van der Waals surface area contributed by atoms with Crippen molar-refractivity contribution < 1.29 is 23.4 Å². The van der Waals surface area contributed by atoms with Gasteiger partial charge in [-0.15, -0.1) is 0 Å². The SMILES string of the molecule is O=c1[nH]c(C(O)C(CO)c2cccc(C(F)(F)F)c2)ccc1Br. The normalized spacial score (nSPS) is 14.5. The fourth-order valence-corrected chi connectivity index (χ4v) is 2.42. The number of halogens is 4. The summed E-state index contributed by atoms with van der Waals surface area (Å²) in [7, 11) is 0. The van der Waals surface area contributed by atoms with E-state index in [2.05, 4.69) is 20.9 Å². The van der Waals surface area contributed by atoms with Gasteiger partial charge in [0.05, 0.1) is 16.6 Å². The quantitative estimate of drug-likeness (QED) is 0.749. The highest BCUT2D eigenvalue weighted by Crippen LogP contribution is 2.34. The van der Waals surface area contributed by atoms with Gasteiger partial charge in [0.15, 0.2) is 0 Å². The van der Waals surface area contributed by atoms with Crippen molar-refractivity contribution >= 4 is 15.9 Å². The average Bonchev–Trinajstić information content (AvgIpc) is 2.50. The van der Waals surface area contributed by atoms with Crippen LogP contribution in [0.15, 0.2) is 45.7 Å². The van der Waals surface area contributed by atoms with E-state index in [0.717, 1.165) is 12.1 Å². The Hall–Kier alpha value is -1.64. The molecule has 1 aromatic carbocycles. The molecule has 0 radical (unpaired) electrons. The van der Waals surface area contributed by atoms with Crippen LogP contribution in [0.25, 0.3) is 0 Å². The maximum atomic E-state index is 12.8. The van der Waals surface area contributed by atoms with Crippen LogP contribution in [0.2, 0.25) is 0 Å². The smallest absolute Gasteiger partial charge is 0.396 e. The molecule has 0 aliphatic heterocycles. The Morgan fingerprint density at radius 2 is 1.91 bits per heavy atom. The first-order valence-electron chi connectivity index (χ1n) is 6.59. The fourth-order valence-electron chi connectivity index (χ4n) is 2.19. The number of benzene rings is 1. The lowest BCUT2D eigenvalue weighted by Crippen LogP contribution is -2.20. The van der Waals surface area contributed by atoms with E-state index in [-0.39, 0.29) is 15.7 Å². The molecular weight excluding hydrogens is 379 g/mol. The van der Waals surface area contributed by atoms with Gasteiger partial charge in [-0.05, 0) is 39.7 Å². The molecule has 2 unspecified atom stereocenters. The van der Waals surface area contributed by atoms with Crippen LogP contribution in [-0.2, 0) is 6.18 Å². The molecule has 3 N–H and O–H groups in total. The van der Waals surface area contributed by atoms with Gasteiger partial charge in [0.1, 0.15) is 6.10 Å². The van der Waals surface area contributed by atoms with Crippen LogP contribution in [0.1, 0.15) is 28.8 Å². The van der Waals surface area contributed by atoms with Gasteiger partial charge < -0.3 is 15.2 Å². The Balaban J connectivity index is 2.39. The zero-order chi connectivity index (χ0) is 17.2. The van der Waals surface area contributed by atoms with Crippen molar-refractivity contribution in [3.8, 4) is 0 Å². The molecule has 124 valence electrons. The number of pyridine rings is 1. The largest absolute Gasteiger partial charge is 0.416 e. The minimum absolute atomic E-state index is 0.106. The molecule has 1 aromatic heterocycles. The number of hydrogen-bond donors (Lipinski definition) is 3. The predicted octanol–water partition coefficient (Wildman–Crippen LogP) is 2.97. The summed E-state index contributed by atoms with van der Waals surface area (Å²) < 4.78 is 38.6. The van der Waals surface area contributed by atoms with Gasteiger partial charge in [-0.3, -0.25) is 4.79 Å². The monoisotopic (exact) mass is 391 g/mol. The summed E-state index contributed by atoms with van der Waals surface area (Å²) in [6, 6.07) is 7.21. The molecule has 2 aromatic rings. The second-order valence-corrected chi connectivity index (χ2v) is 5.80. The zero-order valence-electron chi connectivity index (χ0n) is 11.6. The number of hydrogen-bond acceptors (Lipinski definition) is 3. The van der Waals surface area contributed by atoms with Crippen molar-refractivity contribution in [1.82, 2.24) is 4.98 Å². The Morgan fingerprint density at radius 3 is 2.48 bits per heavy atom. The molecule has 0 saturated heterocycles. The standard InChI is InChI=1S/C15H13BrF3NO3/c16-11-4-5-12(20-14(11)23)13(22)10(7-21)8-2-1-3-9(6-8)15(17,18)19/h1-6,10,13,21-22H,7H2,(H,20,23). The lowest BCUT2D eigenvalue weighted by atomic mass is 9.91. The lowest BCUT2D eigenvalue weighted by molar-refractivity contribution is -0.137. The van der Waals surface area contributed by atoms with Gasteiger partial charge in [-0.1, -0.05) is 18.2 Å². The van der Waals surface area contributed by atoms with Gasteiger partial charge in [0.2, 0.25) is 0 Å². The third-order valence-corrected chi connectivity index (χ3v) is 4.05. The van der Waals surface area contributed by atoms with E-state index in [4.69, 9.17) is 0 Å². The summed E-state index contributed by atoms with van der Waals surface area (Å²) in [6.07, 6.45) is -5.88. The van der Waals surface area contributed by atoms with E-state index in [0.29, 0.717) is 0 Å². The molecule has 0 aliphatic rings. The van der Waals surface area contributed by atoms with Crippen LogP contribution in [-0.4, -0.2) is 21.8 Å². The fraction of sp³-hybridized carbons (Fsp3) is 0.267. The summed E-state index contributed by atoms with van der Waals surface area (Å²) in [5, 5.41) is 19.8. The van der Waals surface area contributed by atoms with E-state index >= 15 is 0 Å². The van der Waals surface area contributed by atoms with Crippen LogP contribution in [0.5, 0.6) is 0 Å². The van der Waals surface area contributed by atoms with Crippen LogP contribution >= 0.6 is 15.9 Å². The Kier molecular flexibility index (Phi) is 5.28. The topological polar surface area (TPSA) is 73.3 Å². The molecule has 0 bridgehead atoms. The minimum atomic E-state index is -4.52. The predicted molar refractivity (Wildman–Crippen MR) is 81.0 cm³/mol. The molecule has 1 heterocycles. The van der Waals surface area contributed by atoms with E-state index in [9.17, 15) is 28.2 Å². The maximum absolute atomic E-state index is 12.8. The molecular formula is C15H13BrF3NO3. The number of aliphatic hydroxyl groups excluding tert-OH is 2. The van der Waals surface area contributed by atoms with Gasteiger partial charge >= 0.3 is 6.18 Å². The number of aliphatic hydroxyl groups is 2. The first kappa shape index (κ1) is 17.7. The van der Waals surface area contributed by atoms with E-state index < -0.39 is 35.9 Å². The molecule has 23 heavy (non-hydrogen) atoms.